The first-order valence-corrected chi connectivity index (χ1v) is 8.42. The van der Waals surface area contributed by atoms with E-state index in [1.165, 1.54) is 0 Å². The van der Waals surface area contributed by atoms with E-state index in [1.807, 2.05) is 50.2 Å². The molecule has 130 valence electrons. The summed E-state index contributed by atoms with van der Waals surface area (Å²) in [6, 6.07) is 11.7. The Morgan fingerprint density at radius 2 is 1.83 bits per heavy atom. The molecule has 1 N–H and O–H groups in total. The molecule has 0 aliphatic heterocycles. The normalized spacial score (nSPS) is 13.8. The first-order valence-electron chi connectivity index (χ1n) is 8.42. The van der Waals surface area contributed by atoms with Crippen LogP contribution in [0, 0.1) is 5.92 Å². The van der Waals surface area contributed by atoms with E-state index in [0.717, 1.165) is 22.2 Å². The number of fused-ring (bicyclic) bond motifs is 1. The Morgan fingerprint density at radius 3 is 2.42 bits per heavy atom. The molecule has 1 atom stereocenters. The van der Waals surface area contributed by atoms with Gasteiger partial charge in [0.15, 0.2) is 0 Å². The Kier molecular flexibility index (Phi) is 5.84. The second-order valence-electron chi connectivity index (χ2n) is 6.58. The van der Waals surface area contributed by atoms with Crippen molar-refractivity contribution >= 4 is 22.4 Å². The van der Waals surface area contributed by atoms with E-state index in [-0.39, 0.29) is 5.91 Å². The lowest BCUT2D eigenvalue weighted by molar-refractivity contribution is -0.137. The number of carbonyl (C=O) groups is 1. The molecule has 0 aromatic heterocycles. The maximum atomic E-state index is 12.8. The van der Waals surface area contributed by atoms with Gasteiger partial charge in [0.05, 0.1) is 6.61 Å². The van der Waals surface area contributed by atoms with Crippen LogP contribution in [0.15, 0.2) is 36.4 Å². The number of hydrogen-bond donors (Lipinski definition) is 1. The van der Waals surface area contributed by atoms with Crippen LogP contribution in [0.3, 0.4) is 0 Å². The molecule has 0 aliphatic rings. The van der Waals surface area contributed by atoms with Crippen molar-refractivity contribution in [3.8, 4) is 5.75 Å². The fourth-order valence-electron chi connectivity index (χ4n) is 2.96. The molecule has 0 bridgehead atoms. The number of anilines is 1. The predicted molar refractivity (Wildman–Crippen MR) is 98.6 cm³/mol. The van der Waals surface area contributed by atoms with Gasteiger partial charge < -0.3 is 14.8 Å². The van der Waals surface area contributed by atoms with Crippen LogP contribution < -0.4 is 10.1 Å². The Morgan fingerprint density at radius 1 is 1.17 bits per heavy atom. The minimum absolute atomic E-state index is 0.131. The van der Waals surface area contributed by atoms with E-state index in [1.54, 1.807) is 7.11 Å². The van der Waals surface area contributed by atoms with Gasteiger partial charge in [-0.05, 0) is 38.3 Å². The molecular formula is C20H27NO3. The molecule has 24 heavy (non-hydrogen) atoms. The minimum Gasteiger partial charge on any atom is -0.493 e. The first-order chi connectivity index (χ1) is 11.4. The van der Waals surface area contributed by atoms with Crippen molar-refractivity contribution in [2.75, 3.05) is 19.0 Å². The third-order valence-corrected chi connectivity index (χ3v) is 4.16. The summed E-state index contributed by atoms with van der Waals surface area (Å²) in [6.07, 6.45) is 0.657. The van der Waals surface area contributed by atoms with Gasteiger partial charge in [-0.15, -0.1) is 0 Å². The molecule has 4 nitrogen and oxygen atoms in total. The molecule has 0 aliphatic carbocycles. The summed E-state index contributed by atoms with van der Waals surface area (Å²) in [6.45, 7) is 8.55. The molecule has 0 unspecified atom stereocenters. The Balaban J connectivity index is 2.36. The zero-order chi connectivity index (χ0) is 17.7. The van der Waals surface area contributed by atoms with E-state index >= 15 is 0 Å². The lowest BCUT2D eigenvalue weighted by Crippen LogP contribution is -2.43. The van der Waals surface area contributed by atoms with Gasteiger partial charge in [-0.2, -0.15) is 0 Å². The molecule has 0 saturated carbocycles. The van der Waals surface area contributed by atoms with E-state index in [9.17, 15) is 4.79 Å². The molecule has 0 saturated heterocycles. The topological polar surface area (TPSA) is 47.6 Å². The van der Waals surface area contributed by atoms with Crippen LogP contribution in [0.1, 0.15) is 34.1 Å². The smallest absolute Gasteiger partial charge is 0.256 e. The standard InChI is InChI=1S/C20H27NO3/c1-6-24-18-12-11-17(15-9-7-8-10-16(15)18)21-19(22)20(4,23-5)13-14(2)3/h7-12,14H,6,13H2,1-5H3,(H,21,22)/t20-/m1/s1. The zero-order valence-corrected chi connectivity index (χ0v) is 15.2. The summed E-state index contributed by atoms with van der Waals surface area (Å²) in [5.74, 6) is 1.05. The van der Waals surface area contributed by atoms with Crippen molar-refractivity contribution in [2.24, 2.45) is 5.92 Å². The molecule has 2 aromatic carbocycles. The summed E-state index contributed by atoms with van der Waals surface area (Å²) in [5, 5.41) is 4.98. The highest BCUT2D eigenvalue weighted by molar-refractivity contribution is 6.06. The van der Waals surface area contributed by atoms with Crippen LogP contribution in [0.4, 0.5) is 5.69 Å². The average molecular weight is 329 g/mol. The van der Waals surface area contributed by atoms with Gasteiger partial charge in [-0.1, -0.05) is 38.1 Å². The van der Waals surface area contributed by atoms with Gasteiger partial charge in [0.2, 0.25) is 0 Å². The minimum atomic E-state index is -0.853. The Labute approximate surface area is 144 Å². The molecule has 4 heteroatoms. The monoisotopic (exact) mass is 329 g/mol. The molecule has 1 amide bonds. The number of amides is 1. The molecule has 2 rings (SSSR count). The number of benzene rings is 2. The first kappa shape index (κ1) is 18.3. The van der Waals surface area contributed by atoms with E-state index in [0.29, 0.717) is 18.9 Å². The largest absolute Gasteiger partial charge is 0.493 e. The summed E-state index contributed by atoms with van der Waals surface area (Å²) >= 11 is 0. The Hall–Kier alpha value is -2.07. The highest BCUT2D eigenvalue weighted by atomic mass is 16.5. The van der Waals surface area contributed by atoms with Crippen molar-refractivity contribution in [2.45, 2.75) is 39.7 Å². The third kappa shape index (κ3) is 3.88. The maximum absolute atomic E-state index is 12.8. The highest BCUT2D eigenvalue weighted by Gasteiger charge is 2.34. The second kappa shape index (κ2) is 7.67. The number of ether oxygens (including phenoxy) is 2. The number of hydrogen-bond acceptors (Lipinski definition) is 3. The van der Waals surface area contributed by atoms with Crippen LogP contribution in [0.2, 0.25) is 0 Å². The lowest BCUT2D eigenvalue weighted by Gasteiger charge is -2.28. The van der Waals surface area contributed by atoms with Crippen LogP contribution in [-0.4, -0.2) is 25.2 Å². The highest BCUT2D eigenvalue weighted by Crippen LogP contribution is 2.32. The third-order valence-electron chi connectivity index (χ3n) is 4.16. The van der Waals surface area contributed by atoms with Crippen LogP contribution >= 0.6 is 0 Å². The van der Waals surface area contributed by atoms with Crippen LogP contribution in [0.25, 0.3) is 10.8 Å². The molecule has 0 radical (unpaired) electrons. The summed E-state index contributed by atoms with van der Waals surface area (Å²) in [4.78, 5) is 12.8. The number of rotatable bonds is 7. The second-order valence-corrected chi connectivity index (χ2v) is 6.58. The molecule has 2 aromatic rings. The van der Waals surface area contributed by atoms with Crippen molar-refractivity contribution in [3.05, 3.63) is 36.4 Å². The summed E-state index contributed by atoms with van der Waals surface area (Å²) in [7, 11) is 1.58. The zero-order valence-electron chi connectivity index (χ0n) is 15.2. The van der Waals surface area contributed by atoms with Crippen molar-refractivity contribution in [3.63, 3.8) is 0 Å². The Bertz CT molecular complexity index is 711. The van der Waals surface area contributed by atoms with E-state index in [2.05, 4.69) is 19.2 Å². The lowest BCUT2D eigenvalue weighted by atomic mass is 9.93. The SMILES string of the molecule is CCOc1ccc(NC(=O)[C@@](C)(CC(C)C)OC)c2ccccc12. The van der Waals surface area contributed by atoms with Gasteiger partial charge in [0, 0.05) is 23.6 Å². The van der Waals surface area contributed by atoms with Crippen LogP contribution in [0.5, 0.6) is 5.75 Å². The van der Waals surface area contributed by atoms with Gasteiger partial charge in [0.1, 0.15) is 11.4 Å². The quantitative estimate of drug-likeness (QED) is 0.806. The van der Waals surface area contributed by atoms with Gasteiger partial charge in [-0.25, -0.2) is 0 Å². The molecule has 0 heterocycles. The fourth-order valence-corrected chi connectivity index (χ4v) is 2.96. The number of nitrogens with one attached hydrogen (secondary N) is 1. The maximum Gasteiger partial charge on any atom is 0.256 e. The molecular weight excluding hydrogens is 302 g/mol. The average Bonchev–Trinajstić information content (AvgIpc) is 2.56. The predicted octanol–water partition coefficient (Wildman–Crippen LogP) is 4.63. The number of carbonyl (C=O) groups excluding carboxylic acids is 1. The molecule has 0 spiro atoms. The van der Waals surface area contributed by atoms with Crippen molar-refractivity contribution in [1.29, 1.82) is 0 Å². The van der Waals surface area contributed by atoms with E-state index < -0.39 is 5.60 Å². The summed E-state index contributed by atoms with van der Waals surface area (Å²) in [5.41, 5.74) is -0.0838. The van der Waals surface area contributed by atoms with E-state index in [4.69, 9.17) is 9.47 Å². The van der Waals surface area contributed by atoms with Crippen molar-refractivity contribution < 1.29 is 14.3 Å². The molecule has 0 fully saturated rings. The van der Waals surface area contributed by atoms with Gasteiger partial charge in [-0.3, -0.25) is 4.79 Å². The van der Waals surface area contributed by atoms with Gasteiger partial charge in [0.25, 0.3) is 5.91 Å². The number of methoxy groups -OCH3 is 1. The summed E-state index contributed by atoms with van der Waals surface area (Å²) < 4.78 is 11.2. The van der Waals surface area contributed by atoms with Crippen LogP contribution in [-0.2, 0) is 9.53 Å². The van der Waals surface area contributed by atoms with Gasteiger partial charge >= 0.3 is 0 Å². The fraction of sp³-hybridized carbons (Fsp3) is 0.450. The van der Waals surface area contributed by atoms with Crippen molar-refractivity contribution in [1.82, 2.24) is 0 Å².